The number of aromatic nitrogens is 1. The zero-order valence-corrected chi connectivity index (χ0v) is 14.4. The maximum absolute atomic E-state index is 12.6. The Kier molecular flexibility index (Phi) is 4.70. The molecule has 6 nitrogen and oxygen atoms in total. The van der Waals surface area contributed by atoms with Gasteiger partial charge in [0, 0.05) is 35.8 Å². The predicted molar refractivity (Wildman–Crippen MR) is 95.7 cm³/mol. The third-order valence-electron chi connectivity index (χ3n) is 4.38. The van der Waals surface area contributed by atoms with Gasteiger partial charge >= 0.3 is 6.03 Å². The largest absolute Gasteiger partial charge is 0.347 e. The van der Waals surface area contributed by atoms with E-state index in [2.05, 4.69) is 9.88 Å². The average Bonchev–Trinajstić information content (AvgIpc) is 2.96. The van der Waals surface area contributed by atoms with Crippen molar-refractivity contribution in [1.29, 1.82) is 0 Å². The Morgan fingerprint density at radius 2 is 1.88 bits per heavy atom. The van der Waals surface area contributed by atoms with Crippen LogP contribution >= 0.6 is 0 Å². The van der Waals surface area contributed by atoms with Crippen LogP contribution in [0.1, 0.15) is 32.3 Å². The minimum absolute atomic E-state index is 0.00490. The van der Waals surface area contributed by atoms with Crippen LogP contribution in [0.15, 0.2) is 36.0 Å². The number of urea groups is 1. The van der Waals surface area contributed by atoms with Gasteiger partial charge in [0.1, 0.15) is 5.57 Å². The van der Waals surface area contributed by atoms with Gasteiger partial charge in [0.05, 0.1) is 0 Å². The van der Waals surface area contributed by atoms with E-state index in [0.717, 1.165) is 34.3 Å². The summed E-state index contributed by atoms with van der Waals surface area (Å²) in [6.45, 7) is 5.11. The molecule has 25 heavy (non-hydrogen) atoms. The second-order valence-electron chi connectivity index (χ2n) is 6.02. The summed E-state index contributed by atoms with van der Waals surface area (Å²) in [5.74, 6) is -1.17. The van der Waals surface area contributed by atoms with Gasteiger partial charge in [-0.25, -0.2) is 4.79 Å². The van der Waals surface area contributed by atoms with Gasteiger partial charge in [-0.3, -0.25) is 19.8 Å². The summed E-state index contributed by atoms with van der Waals surface area (Å²) in [4.78, 5) is 37.9. The first kappa shape index (κ1) is 17.0. The first-order valence-electron chi connectivity index (χ1n) is 8.53. The van der Waals surface area contributed by atoms with Crippen LogP contribution < -0.4 is 5.32 Å². The summed E-state index contributed by atoms with van der Waals surface area (Å²) in [5.41, 5.74) is 1.83. The highest BCUT2D eigenvalue weighted by Crippen LogP contribution is 2.25. The number of fused-ring (bicyclic) bond motifs is 1. The number of hydrogen-bond donors (Lipinski definition) is 1. The maximum atomic E-state index is 12.6. The summed E-state index contributed by atoms with van der Waals surface area (Å²) < 4.78 is 2.06. The van der Waals surface area contributed by atoms with Gasteiger partial charge in [0.15, 0.2) is 0 Å². The number of rotatable bonds is 5. The number of amides is 4. The number of para-hydroxylation sites is 1. The van der Waals surface area contributed by atoms with Crippen molar-refractivity contribution >= 4 is 34.8 Å². The smallest absolute Gasteiger partial charge is 0.331 e. The quantitative estimate of drug-likeness (QED) is 0.672. The predicted octanol–water partition coefficient (Wildman–Crippen LogP) is 2.92. The van der Waals surface area contributed by atoms with Crippen LogP contribution in [0.4, 0.5) is 4.79 Å². The van der Waals surface area contributed by atoms with Crippen molar-refractivity contribution in [2.24, 2.45) is 0 Å². The van der Waals surface area contributed by atoms with E-state index >= 15 is 0 Å². The fourth-order valence-corrected chi connectivity index (χ4v) is 3.02. The van der Waals surface area contributed by atoms with E-state index in [4.69, 9.17) is 0 Å². The molecule has 4 amide bonds. The first-order valence-corrected chi connectivity index (χ1v) is 8.53. The van der Waals surface area contributed by atoms with Crippen molar-refractivity contribution < 1.29 is 14.4 Å². The number of carbonyl (C=O) groups is 3. The molecule has 2 aromatic rings. The van der Waals surface area contributed by atoms with Gasteiger partial charge in [-0.05, 0) is 25.5 Å². The van der Waals surface area contributed by atoms with Crippen molar-refractivity contribution in [2.45, 2.75) is 33.2 Å². The van der Waals surface area contributed by atoms with Gasteiger partial charge < -0.3 is 4.57 Å². The molecule has 1 aromatic heterocycles. The van der Waals surface area contributed by atoms with Crippen LogP contribution in [0.25, 0.3) is 17.0 Å². The summed E-state index contributed by atoms with van der Waals surface area (Å²) in [7, 11) is 0. The first-order chi connectivity index (χ1) is 12.1. The Labute approximate surface area is 146 Å². The molecule has 1 aromatic carbocycles. The second-order valence-corrected chi connectivity index (χ2v) is 6.02. The van der Waals surface area contributed by atoms with Gasteiger partial charge in [-0.1, -0.05) is 31.5 Å². The lowest BCUT2D eigenvalue weighted by atomic mass is 10.1. The van der Waals surface area contributed by atoms with Crippen molar-refractivity contribution in [1.82, 2.24) is 14.8 Å². The lowest BCUT2D eigenvalue weighted by molar-refractivity contribution is -0.130. The third kappa shape index (κ3) is 3.07. The molecule has 1 saturated heterocycles. The number of benzene rings is 1. The second kappa shape index (κ2) is 6.93. The molecule has 0 bridgehead atoms. The van der Waals surface area contributed by atoms with E-state index < -0.39 is 17.8 Å². The topological polar surface area (TPSA) is 71.4 Å². The highest BCUT2D eigenvalue weighted by Gasteiger charge is 2.35. The number of nitrogens with one attached hydrogen (secondary N) is 1. The van der Waals surface area contributed by atoms with E-state index in [1.807, 2.05) is 44.3 Å². The number of nitrogens with zero attached hydrogens (tertiary/aromatic N) is 2. The number of carbonyl (C=O) groups excluding carboxylic acids is 3. The fourth-order valence-electron chi connectivity index (χ4n) is 3.02. The van der Waals surface area contributed by atoms with Crippen LogP contribution in [-0.2, 0) is 16.1 Å². The molecule has 0 unspecified atom stereocenters. The Balaban J connectivity index is 2.03. The molecule has 1 aliphatic heterocycles. The molecule has 130 valence electrons. The van der Waals surface area contributed by atoms with Crippen LogP contribution in [0, 0.1) is 0 Å². The van der Waals surface area contributed by atoms with E-state index in [0.29, 0.717) is 13.0 Å². The Morgan fingerprint density at radius 1 is 1.12 bits per heavy atom. The van der Waals surface area contributed by atoms with E-state index in [1.165, 1.54) is 0 Å². The van der Waals surface area contributed by atoms with Crippen LogP contribution in [0.3, 0.4) is 0 Å². The molecular formula is C19H21N3O3. The van der Waals surface area contributed by atoms with Crippen molar-refractivity contribution in [3.8, 4) is 0 Å². The summed E-state index contributed by atoms with van der Waals surface area (Å²) in [5, 5.41) is 3.23. The molecule has 0 radical (unpaired) electrons. The molecule has 1 fully saturated rings. The van der Waals surface area contributed by atoms with E-state index in [1.54, 1.807) is 6.08 Å². The number of barbiturate groups is 1. The third-order valence-corrected chi connectivity index (χ3v) is 4.38. The van der Waals surface area contributed by atoms with Gasteiger partial charge in [-0.15, -0.1) is 0 Å². The lowest BCUT2D eigenvalue weighted by Gasteiger charge is -2.26. The Hall–Kier alpha value is -2.89. The van der Waals surface area contributed by atoms with E-state index in [-0.39, 0.29) is 5.57 Å². The Bertz CT molecular complexity index is 879. The average molecular weight is 339 g/mol. The molecule has 2 heterocycles. The van der Waals surface area contributed by atoms with Crippen LogP contribution in [0.2, 0.25) is 0 Å². The molecule has 6 heteroatoms. The molecule has 3 rings (SSSR count). The fraction of sp³-hybridized carbons (Fsp3) is 0.316. The molecule has 0 atom stereocenters. The molecule has 1 N–H and O–H groups in total. The molecular weight excluding hydrogens is 318 g/mol. The molecule has 0 aliphatic carbocycles. The monoisotopic (exact) mass is 339 g/mol. The van der Waals surface area contributed by atoms with Crippen molar-refractivity contribution in [3.05, 3.63) is 41.6 Å². The zero-order valence-electron chi connectivity index (χ0n) is 14.4. The van der Waals surface area contributed by atoms with Gasteiger partial charge in [0.25, 0.3) is 11.8 Å². The standard InChI is InChI=1S/C19H21N3O3/c1-3-5-10-22-18(24)15(17(23)20-19(22)25)11-13-12-21(4-2)16-9-7-6-8-14(13)16/h6-9,11-12H,3-5,10H2,1-2H3,(H,20,23,25). The normalized spacial score (nSPS) is 16.8. The van der Waals surface area contributed by atoms with Crippen molar-refractivity contribution in [2.75, 3.05) is 6.54 Å². The van der Waals surface area contributed by atoms with Crippen LogP contribution in [0.5, 0.6) is 0 Å². The summed E-state index contributed by atoms with van der Waals surface area (Å²) >= 11 is 0. The van der Waals surface area contributed by atoms with Crippen LogP contribution in [-0.4, -0.2) is 33.9 Å². The zero-order chi connectivity index (χ0) is 18.0. The van der Waals surface area contributed by atoms with Gasteiger partial charge in [-0.2, -0.15) is 0 Å². The highest BCUT2D eigenvalue weighted by molar-refractivity contribution is 6.31. The minimum atomic E-state index is -0.643. The van der Waals surface area contributed by atoms with E-state index in [9.17, 15) is 14.4 Å². The minimum Gasteiger partial charge on any atom is -0.347 e. The molecule has 0 spiro atoms. The molecule has 0 saturated carbocycles. The number of aryl methyl sites for hydroxylation is 1. The number of imide groups is 2. The summed E-state index contributed by atoms with van der Waals surface area (Å²) in [6.07, 6.45) is 5.06. The maximum Gasteiger partial charge on any atom is 0.331 e. The Morgan fingerprint density at radius 3 is 2.60 bits per heavy atom. The molecule has 1 aliphatic rings. The van der Waals surface area contributed by atoms with Gasteiger partial charge in [0.2, 0.25) is 0 Å². The SMILES string of the molecule is CCCCN1C(=O)NC(=O)C(=Cc2cn(CC)c3ccccc23)C1=O. The highest BCUT2D eigenvalue weighted by atomic mass is 16.2. The summed E-state index contributed by atoms with van der Waals surface area (Å²) in [6, 6.07) is 7.19. The number of unbranched alkanes of at least 4 members (excludes halogenated alkanes) is 1. The van der Waals surface area contributed by atoms with Crippen molar-refractivity contribution in [3.63, 3.8) is 0 Å². The number of hydrogen-bond acceptors (Lipinski definition) is 3. The lowest BCUT2D eigenvalue weighted by Crippen LogP contribution is -2.54.